The number of nitrogens with zero attached hydrogens (tertiary/aromatic N) is 2. The lowest BCUT2D eigenvalue weighted by atomic mass is 9.90. The molecule has 0 spiro atoms. The van der Waals surface area contributed by atoms with Crippen LogP contribution in [0.3, 0.4) is 0 Å². The summed E-state index contributed by atoms with van der Waals surface area (Å²) in [5.41, 5.74) is 0.447. The predicted molar refractivity (Wildman–Crippen MR) is 61.0 cm³/mol. The Morgan fingerprint density at radius 2 is 2.31 bits per heavy atom. The molecular weight excluding hydrogens is 206 g/mol. The highest BCUT2D eigenvalue weighted by atomic mass is 16.3. The first-order valence-electron chi connectivity index (χ1n) is 5.32. The molecule has 0 saturated carbocycles. The van der Waals surface area contributed by atoms with Gasteiger partial charge < -0.3 is 15.0 Å². The van der Waals surface area contributed by atoms with Crippen LogP contribution in [0.4, 0.5) is 0 Å². The number of aliphatic hydroxyl groups excluding tert-OH is 1. The van der Waals surface area contributed by atoms with Gasteiger partial charge in [0, 0.05) is 20.2 Å². The van der Waals surface area contributed by atoms with Crippen molar-refractivity contribution in [1.29, 1.82) is 0 Å². The lowest BCUT2D eigenvalue weighted by molar-refractivity contribution is 0.0920. The molecule has 0 saturated heterocycles. The number of imidazole rings is 1. The Labute approximate surface area is 95.5 Å². The van der Waals surface area contributed by atoms with Crippen LogP contribution in [0.25, 0.3) is 0 Å². The number of carbonyl (C=O) groups is 1. The lowest BCUT2D eigenvalue weighted by Crippen LogP contribution is -2.35. The minimum atomic E-state index is -0.133. The second-order valence-corrected chi connectivity index (χ2v) is 4.71. The van der Waals surface area contributed by atoms with E-state index in [-0.39, 0.29) is 17.9 Å². The van der Waals surface area contributed by atoms with Gasteiger partial charge in [-0.25, -0.2) is 4.98 Å². The topological polar surface area (TPSA) is 67.2 Å². The number of hydrogen-bond acceptors (Lipinski definition) is 3. The van der Waals surface area contributed by atoms with Crippen molar-refractivity contribution >= 4 is 5.91 Å². The summed E-state index contributed by atoms with van der Waals surface area (Å²) >= 11 is 0. The maximum atomic E-state index is 11.7. The van der Waals surface area contributed by atoms with E-state index in [4.69, 9.17) is 5.11 Å². The van der Waals surface area contributed by atoms with Gasteiger partial charge in [0.05, 0.1) is 12.5 Å². The van der Waals surface area contributed by atoms with Gasteiger partial charge in [0.1, 0.15) is 5.69 Å². The highest BCUT2D eigenvalue weighted by Crippen LogP contribution is 2.18. The number of hydrogen-bond donors (Lipinski definition) is 2. The number of aliphatic hydroxyl groups is 1. The Morgan fingerprint density at radius 1 is 1.62 bits per heavy atom. The molecule has 0 aromatic carbocycles. The van der Waals surface area contributed by atoms with E-state index < -0.39 is 0 Å². The van der Waals surface area contributed by atoms with Crippen LogP contribution in [0.5, 0.6) is 0 Å². The Kier molecular flexibility index (Phi) is 4.06. The fraction of sp³-hybridized carbons (Fsp3) is 0.636. The smallest absolute Gasteiger partial charge is 0.269 e. The van der Waals surface area contributed by atoms with E-state index >= 15 is 0 Å². The third-order valence-corrected chi connectivity index (χ3v) is 2.57. The van der Waals surface area contributed by atoms with Crippen LogP contribution in [0.15, 0.2) is 12.5 Å². The Bertz CT molecular complexity index is 358. The average molecular weight is 225 g/mol. The van der Waals surface area contributed by atoms with Crippen molar-refractivity contribution < 1.29 is 9.90 Å². The first-order chi connectivity index (χ1) is 7.46. The molecule has 0 radical (unpaired) electrons. The summed E-state index contributed by atoms with van der Waals surface area (Å²) < 4.78 is 1.67. The second-order valence-electron chi connectivity index (χ2n) is 4.71. The van der Waals surface area contributed by atoms with E-state index in [1.54, 1.807) is 17.9 Å². The van der Waals surface area contributed by atoms with E-state index in [9.17, 15) is 4.79 Å². The quantitative estimate of drug-likeness (QED) is 0.769. The van der Waals surface area contributed by atoms with Crippen molar-refractivity contribution in [2.75, 3.05) is 13.2 Å². The van der Waals surface area contributed by atoms with Gasteiger partial charge in [0.15, 0.2) is 0 Å². The van der Waals surface area contributed by atoms with Gasteiger partial charge in [-0.2, -0.15) is 0 Å². The highest BCUT2D eigenvalue weighted by molar-refractivity contribution is 5.92. The molecule has 16 heavy (non-hydrogen) atoms. The largest absolute Gasteiger partial charge is 0.396 e. The molecule has 0 bridgehead atoms. The fourth-order valence-electron chi connectivity index (χ4n) is 1.38. The molecule has 90 valence electrons. The normalized spacial score (nSPS) is 11.5. The molecule has 1 rings (SSSR count). The zero-order valence-electron chi connectivity index (χ0n) is 10.0. The number of nitrogens with one attached hydrogen (secondary N) is 1. The van der Waals surface area contributed by atoms with E-state index in [1.165, 1.54) is 6.20 Å². The van der Waals surface area contributed by atoms with Gasteiger partial charge >= 0.3 is 0 Å². The van der Waals surface area contributed by atoms with E-state index in [0.29, 0.717) is 18.7 Å². The van der Waals surface area contributed by atoms with E-state index in [2.05, 4.69) is 10.3 Å². The average Bonchev–Trinajstić information content (AvgIpc) is 2.61. The summed E-state index contributed by atoms with van der Waals surface area (Å²) in [7, 11) is 1.78. The molecule has 1 aromatic heterocycles. The SMILES string of the molecule is Cn1cncc1C(=O)NCC(C)(C)CCO. The zero-order chi connectivity index (χ0) is 12.2. The van der Waals surface area contributed by atoms with Crippen LogP contribution >= 0.6 is 0 Å². The summed E-state index contributed by atoms with van der Waals surface area (Å²) in [5.74, 6) is -0.133. The molecule has 1 heterocycles. The molecule has 0 atom stereocenters. The molecule has 0 aliphatic heterocycles. The summed E-state index contributed by atoms with van der Waals surface area (Å²) in [6, 6.07) is 0. The summed E-state index contributed by atoms with van der Waals surface area (Å²) in [5, 5.41) is 11.7. The van der Waals surface area contributed by atoms with E-state index in [0.717, 1.165) is 0 Å². The molecule has 1 aromatic rings. The third-order valence-electron chi connectivity index (χ3n) is 2.57. The number of rotatable bonds is 5. The predicted octanol–water partition coefficient (Wildman–Crippen LogP) is 0.558. The van der Waals surface area contributed by atoms with Crippen molar-refractivity contribution in [3.05, 3.63) is 18.2 Å². The monoisotopic (exact) mass is 225 g/mol. The van der Waals surface area contributed by atoms with Gasteiger partial charge in [-0.05, 0) is 11.8 Å². The summed E-state index contributed by atoms with van der Waals surface area (Å²) in [6.07, 6.45) is 3.79. The molecule has 1 amide bonds. The minimum Gasteiger partial charge on any atom is -0.396 e. The van der Waals surface area contributed by atoms with Gasteiger partial charge in [0.25, 0.3) is 5.91 Å². The first-order valence-corrected chi connectivity index (χ1v) is 5.32. The highest BCUT2D eigenvalue weighted by Gasteiger charge is 2.19. The van der Waals surface area contributed by atoms with Crippen LogP contribution in [0.2, 0.25) is 0 Å². The van der Waals surface area contributed by atoms with Gasteiger partial charge in [-0.3, -0.25) is 4.79 Å². The van der Waals surface area contributed by atoms with Crippen molar-refractivity contribution in [1.82, 2.24) is 14.9 Å². The van der Waals surface area contributed by atoms with Crippen LogP contribution in [0, 0.1) is 5.41 Å². The van der Waals surface area contributed by atoms with Crippen LogP contribution in [-0.4, -0.2) is 33.7 Å². The third kappa shape index (κ3) is 3.34. The lowest BCUT2D eigenvalue weighted by Gasteiger charge is -2.23. The molecule has 0 aliphatic carbocycles. The van der Waals surface area contributed by atoms with Crippen molar-refractivity contribution in [2.24, 2.45) is 12.5 Å². The van der Waals surface area contributed by atoms with Gasteiger partial charge in [-0.1, -0.05) is 13.8 Å². The summed E-state index contributed by atoms with van der Waals surface area (Å²) in [6.45, 7) is 4.69. The first kappa shape index (κ1) is 12.7. The standard InChI is InChI=1S/C11H19N3O2/c1-11(2,4-5-15)7-13-10(16)9-6-12-8-14(9)3/h6,8,15H,4-5,7H2,1-3H3,(H,13,16). The van der Waals surface area contributed by atoms with Crippen LogP contribution in [0.1, 0.15) is 30.8 Å². The zero-order valence-corrected chi connectivity index (χ0v) is 10.0. The molecule has 2 N–H and O–H groups in total. The minimum absolute atomic E-state index is 0.0942. The Morgan fingerprint density at radius 3 is 2.81 bits per heavy atom. The van der Waals surface area contributed by atoms with Gasteiger partial charge in [0.2, 0.25) is 0 Å². The molecule has 0 aliphatic rings. The van der Waals surface area contributed by atoms with Crippen molar-refractivity contribution in [3.8, 4) is 0 Å². The molecule has 5 nitrogen and oxygen atoms in total. The van der Waals surface area contributed by atoms with Crippen molar-refractivity contribution in [3.63, 3.8) is 0 Å². The number of carbonyl (C=O) groups excluding carboxylic acids is 1. The van der Waals surface area contributed by atoms with Crippen LogP contribution < -0.4 is 5.32 Å². The maximum absolute atomic E-state index is 11.7. The van der Waals surface area contributed by atoms with Crippen molar-refractivity contribution in [2.45, 2.75) is 20.3 Å². The van der Waals surface area contributed by atoms with Gasteiger partial charge in [-0.15, -0.1) is 0 Å². The molecule has 0 unspecified atom stereocenters. The number of aryl methyl sites for hydroxylation is 1. The second kappa shape index (κ2) is 5.12. The number of amides is 1. The Hall–Kier alpha value is -1.36. The fourth-order valence-corrected chi connectivity index (χ4v) is 1.38. The molecular formula is C11H19N3O2. The number of aromatic nitrogens is 2. The van der Waals surface area contributed by atoms with Crippen LogP contribution in [-0.2, 0) is 7.05 Å². The van der Waals surface area contributed by atoms with E-state index in [1.807, 2.05) is 13.8 Å². The Balaban J connectivity index is 2.51. The molecule has 5 heteroatoms. The maximum Gasteiger partial charge on any atom is 0.269 e. The summed E-state index contributed by atoms with van der Waals surface area (Å²) in [4.78, 5) is 15.6. The molecule has 0 fully saturated rings.